The first-order chi connectivity index (χ1) is 15.6. The molecule has 0 saturated carbocycles. The van der Waals surface area contributed by atoms with Gasteiger partial charge in [0.1, 0.15) is 13.2 Å². The van der Waals surface area contributed by atoms with E-state index >= 15 is 0 Å². The Balaban J connectivity index is 3.99. The van der Waals surface area contributed by atoms with E-state index in [0.29, 0.717) is 24.0 Å². The predicted molar refractivity (Wildman–Crippen MR) is 137 cm³/mol. The monoisotopic (exact) mass is 518 g/mol. The minimum atomic E-state index is -0.457. The zero-order valence-electron chi connectivity index (χ0n) is 21.2. The van der Waals surface area contributed by atoms with Crippen molar-refractivity contribution in [2.24, 2.45) is 10.8 Å². The Labute approximate surface area is 213 Å². The van der Waals surface area contributed by atoms with Crippen molar-refractivity contribution >= 4 is 46.5 Å². The zero-order valence-corrected chi connectivity index (χ0v) is 22.8. The van der Waals surface area contributed by atoms with Gasteiger partial charge in [-0.1, -0.05) is 40.9 Å². The summed E-state index contributed by atoms with van der Waals surface area (Å²) in [5.41, 5.74) is 0.271. The predicted octanol–water partition coefficient (Wildman–Crippen LogP) is 5.39. The Kier molecular flexibility index (Phi) is 15.0. The minimum Gasteiger partial charge on any atom is -0.465 e. The summed E-state index contributed by atoms with van der Waals surface area (Å²) >= 11 is 9.87. The summed E-state index contributed by atoms with van der Waals surface area (Å²) in [6.45, 7) is 18.9. The molecule has 0 aliphatic heterocycles. The van der Waals surface area contributed by atoms with Crippen LogP contribution in [0.2, 0.25) is 0 Å². The Morgan fingerprint density at radius 3 is 1.29 bits per heavy atom. The summed E-state index contributed by atoms with van der Waals surface area (Å²) in [4.78, 5) is 44.0. The van der Waals surface area contributed by atoms with Gasteiger partial charge in [0.25, 0.3) is 0 Å². The zero-order chi connectivity index (χ0) is 26.4. The van der Waals surface area contributed by atoms with E-state index in [1.807, 2.05) is 27.7 Å². The third-order valence-electron chi connectivity index (χ3n) is 4.13. The number of hydrogen-bond donors (Lipinski definition) is 0. The van der Waals surface area contributed by atoms with Gasteiger partial charge in [0.15, 0.2) is 0 Å². The van der Waals surface area contributed by atoms with Gasteiger partial charge in [-0.3, -0.25) is 9.59 Å². The highest BCUT2D eigenvalue weighted by atomic mass is 32.1. The molecule has 0 aromatic heterocycles. The van der Waals surface area contributed by atoms with Gasteiger partial charge >= 0.3 is 11.9 Å². The van der Waals surface area contributed by atoms with E-state index in [4.69, 9.17) is 53.5 Å². The van der Waals surface area contributed by atoms with Crippen LogP contribution in [0.3, 0.4) is 0 Å². The molecule has 0 N–H and O–H groups in total. The van der Waals surface area contributed by atoms with Crippen LogP contribution in [-0.2, 0) is 38.6 Å². The van der Waals surface area contributed by atoms with Gasteiger partial charge in [0.05, 0.1) is 13.2 Å². The highest BCUT2D eigenvalue weighted by Crippen LogP contribution is 2.19. The second kappa shape index (κ2) is 15.9. The molecule has 0 aliphatic rings. The van der Waals surface area contributed by atoms with Crippen LogP contribution in [0, 0.1) is 10.8 Å². The number of carbonyl (C=O) groups is 2. The second-order valence-corrected chi connectivity index (χ2v) is 10.4. The van der Waals surface area contributed by atoms with Gasteiger partial charge in [-0.15, -0.1) is 0 Å². The lowest BCUT2D eigenvalue weighted by Crippen LogP contribution is -2.28. The molecule has 0 saturated heterocycles. The number of carbonyl (C=O) groups excluding carboxylic acids is 2. The number of hydrogen-bond acceptors (Lipinski definition) is 10. The molecule has 34 heavy (non-hydrogen) atoms. The summed E-state index contributed by atoms with van der Waals surface area (Å²) in [6.07, 6.45) is 1.44. The fourth-order valence-corrected chi connectivity index (χ4v) is 2.04. The number of rotatable bonds is 17. The summed E-state index contributed by atoms with van der Waals surface area (Å²) < 4.78 is 10.6. The molecule has 0 bridgehead atoms. The van der Waals surface area contributed by atoms with Crippen molar-refractivity contribution in [2.45, 2.75) is 67.2 Å². The lowest BCUT2D eigenvalue weighted by atomic mass is 9.96. The van der Waals surface area contributed by atoms with E-state index in [-0.39, 0.29) is 61.3 Å². The highest BCUT2D eigenvalue weighted by molar-refractivity contribution is 7.80. The average Bonchev–Trinajstić information content (AvgIpc) is 2.73. The molecule has 0 aliphatic carbocycles. The van der Waals surface area contributed by atoms with Crippen LogP contribution < -0.4 is 0 Å². The van der Waals surface area contributed by atoms with Gasteiger partial charge in [0.2, 0.25) is 10.1 Å². The summed E-state index contributed by atoms with van der Waals surface area (Å²) in [6, 6.07) is 0. The van der Waals surface area contributed by atoms with E-state index in [1.54, 1.807) is 13.8 Å². The van der Waals surface area contributed by atoms with Crippen LogP contribution in [0.15, 0.2) is 24.3 Å². The van der Waals surface area contributed by atoms with E-state index < -0.39 is 10.8 Å². The summed E-state index contributed by atoms with van der Waals surface area (Å²) in [5, 5.41) is 0.362. The number of unbranched alkanes of at least 4 members (excludes halogenated alkanes) is 1. The van der Waals surface area contributed by atoms with Gasteiger partial charge < -0.3 is 19.2 Å². The summed E-state index contributed by atoms with van der Waals surface area (Å²) in [5.74, 6) is -0.684. The molecule has 10 heteroatoms. The average molecular weight is 519 g/mol. The van der Waals surface area contributed by atoms with Gasteiger partial charge in [-0.05, 0) is 62.3 Å². The molecule has 0 unspecified atom stereocenters. The Hall–Kier alpha value is -1.88. The third-order valence-corrected chi connectivity index (χ3v) is 4.96. The van der Waals surface area contributed by atoms with Crippen LogP contribution in [-0.4, -0.2) is 48.5 Å². The van der Waals surface area contributed by atoms with Crippen molar-refractivity contribution in [2.75, 3.05) is 26.4 Å². The van der Waals surface area contributed by atoms with Crippen molar-refractivity contribution in [1.82, 2.24) is 0 Å². The molecule has 194 valence electrons. The van der Waals surface area contributed by atoms with Crippen LogP contribution in [0.1, 0.15) is 67.2 Å². The molecule has 0 spiro atoms. The van der Waals surface area contributed by atoms with Gasteiger partial charge in [0, 0.05) is 23.7 Å². The fraction of sp³-hybridized carbons (Fsp3) is 0.667. The number of esters is 2. The molecule has 0 aromatic rings. The molecule has 0 fully saturated rings. The third kappa shape index (κ3) is 16.7. The van der Waals surface area contributed by atoms with Crippen molar-refractivity contribution in [3.8, 4) is 0 Å². The molecular weight excluding hydrogens is 480 g/mol. The molecule has 0 rings (SSSR count). The lowest BCUT2D eigenvalue weighted by molar-refractivity contribution is -0.241. The molecule has 0 atom stereocenters. The molecule has 0 radical (unpaired) electrons. The quantitative estimate of drug-likeness (QED) is 0.0623. The minimum absolute atomic E-state index is 0.162. The van der Waals surface area contributed by atoms with Gasteiger partial charge in [-0.25, -0.2) is 0 Å². The second-order valence-electron chi connectivity index (χ2n) is 9.68. The summed E-state index contributed by atoms with van der Waals surface area (Å²) in [7, 11) is 0. The van der Waals surface area contributed by atoms with Gasteiger partial charge in [-0.2, -0.15) is 9.78 Å². The largest absolute Gasteiger partial charge is 0.465 e. The van der Waals surface area contributed by atoms with Crippen LogP contribution >= 0.6 is 24.4 Å². The van der Waals surface area contributed by atoms with E-state index in [2.05, 4.69) is 13.2 Å². The SMILES string of the molecule is C=C(C)C(=S)OOCC(C)(C)COC(=O)CCCCC(=O)OCC(C)(C)COOC(=S)C(=C)C. The number of thiocarbonyl (C=S) groups is 2. The fourth-order valence-electron chi connectivity index (χ4n) is 1.95. The normalized spacial score (nSPS) is 11.4. The smallest absolute Gasteiger partial charge is 0.305 e. The molecule has 8 nitrogen and oxygen atoms in total. The topological polar surface area (TPSA) is 89.5 Å². The molecule has 0 amide bonds. The lowest BCUT2D eigenvalue weighted by Gasteiger charge is -2.23. The van der Waals surface area contributed by atoms with Crippen molar-refractivity contribution in [3.63, 3.8) is 0 Å². The van der Waals surface area contributed by atoms with E-state index in [9.17, 15) is 9.59 Å². The molecule has 0 heterocycles. The van der Waals surface area contributed by atoms with Crippen LogP contribution in [0.5, 0.6) is 0 Å². The Bertz CT molecular complexity index is 681. The first-order valence-corrected chi connectivity index (χ1v) is 11.8. The maximum atomic E-state index is 12.0. The maximum absolute atomic E-state index is 12.0. The number of ether oxygens (including phenoxy) is 2. The first kappa shape index (κ1) is 32.1. The van der Waals surface area contributed by atoms with Crippen molar-refractivity contribution in [1.29, 1.82) is 0 Å². The van der Waals surface area contributed by atoms with Crippen molar-refractivity contribution in [3.05, 3.63) is 24.3 Å². The van der Waals surface area contributed by atoms with E-state index in [0.717, 1.165) is 0 Å². The van der Waals surface area contributed by atoms with E-state index in [1.165, 1.54) is 0 Å². The molecule has 0 aromatic carbocycles. The Morgan fingerprint density at radius 1 is 0.676 bits per heavy atom. The maximum Gasteiger partial charge on any atom is 0.305 e. The van der Waals surface area contributed by atoms with Crippen LogP contribution in [0.4, 0.5) is 0 Å². The Morgan fingerprint density at radius 2 is 1.00 bits per heavy atom. The standard InChI is InChI=1S/C24H38O8S2/c1-17(2)21(33)31-29-15-23(5,6)13-27-19(25)11-9-10-12-20(26)28-14-24(7,8)16-30-32-22(34)18(3)4/h1,3,9-16H2,2,4-8H3. The first-order valence-electron chi connectivity index (χ1n) is 10.9. The van der Waals surface area contributed by atoms with Crippen molar-refractivity contribution < 1.29 is 38.6 Å². The highest BCUT2D eigenvalue weighted by Gasteiger charge is 2.23. The van der Waals surface area contributed by atoms with Crippen LogP contribution in [0.25, 0.3) is 0 Å². The molecular formula is C24H38O8S2.